The molecule has 0 aliphatic heterocycles. The highest BCUT2D eigenvalue weighted by atomic mass is 79.9. The monoisotopic (exact) mass is 314 g/mol. The number of nitrogens with two attached hydrogens (primary N) is 1. The zero-order chi connectivity index (χ0) is 13.7. The van der Waals surface area contributed by atoms with Crippen LogP contribution in [-0.4, -0.2) is 18.6 Å². The Bertz CT molecular complexity index is 423. The fourth-order valence-corrected chi connectivity index (χ4v) is 1.97. The fourth-order valence-electron chi connectivity index (χ4n) is 1.63. The quantitative estimate of drug-likeness (QED) is 0.847. The Hall–Kier alpha value is -1.07. The molecule has 0 bridgehead atoms. The van der Waals surface area contributed by atoms with Gasteiger partial charge in [-0.05, 0) is 32.5 Å². The first-order valence-corrected chi connectivity index (χ1v) is 6.73. The summed E-state index contributed by atoms with van der Waals surface area (Å²) >= 11 is 3.39. The molecule has 1 amide bonds. The van der Waals surface area contributed by atoms with Gasteiger partial charge in [-0.3, -0.25) is 4.79 Å². The number of halogens is 1. The molecule has 0 aliphatic rings. The van der Waals surface area contributed by atoms with Crippen molar-refractivity contribution < 1.29 is 9.53 Å². The summed E-state index contributed by atoms with van der Waals surface area (Å²) in [7, 11) is 0. The Morgan fingerprint density at radius 1 is 1.50 bits per heavy atom. The van der Waals surface area contributed by atoms with Gasteiger partial charge < -0.3 is 15.8 Å². The van der Waals surface area contributed by atoms with Crippen molar-refractivity contribution in [1.29, 1.82) is 0 Å². The molecule has 100 valence electrons. The van der Waals surface area contributed by atoms with Crippen LogP contribution in [-0.2, 0) is 4.79 Å². The number of carbonyl (C=O) groups excluding carboxylic acids is 1. The largest absolute Gasteiger partial charge is 0.481 e. The highest BCUT2D eigenvalue weighted by Gasteiger charge is 2.16. The van der Waals surface area contributed by atoms with Gasteiger partial charge in [0.05, 0.1) is 0 Å². The second-order valence-electron chi connectivity index (χ2n) is 4.12. The van der Waals surface area contributed by atoms with Crippen molar-refractivity contribution in [3.05, 3.63) is 28.2 Å². The second kappa shape index (κ2) is 6.75. The van der Waals surface area contributed by atoms with Crippen LogP contribution in [0.1, 0.15) is 32.4 Å². The van der Waals surface area contributed by atoms with Crippen LogP contribution in [0, 0.1) is 0 Å². The number of benzene rings is 1. The molecule has 0 fully saturated rings. The van der Waals surface area contributed by atoms with E-state index in [1.54, 1.807) is 6.92 Å². The Labute approximate surface area is 116 Å². The molecule has 2 atom stereocenters. The molecule has 1 rings (SSSR count). The third-order valence-corrected chi connectivity index (χ3v) is 3.15. The molecule has 1 aromatic rings. The average molecular weight is 315 g/mol. The van der Waals surface area contributed by atoms with Crippen molar-refractivity contribution in [2.24, 2.45) is 5.73 Å². The van der Waals surface area contributed by atoms with E-state index in [0.717, 1.165) is 16.6 Å². The molecule has 3 N–H and O–H groups in total. The molecule has 5 heteroatoms. The van der Waals surface area contributed by atoms with Crippen molar-refractivity contribution in [3.8, 4) is 5.75 Å². The SMILES string of the molecule is CCNC(C)c1ccc(Br)cc1OC(C)C(N)=O. The minimum atomic E-state index is -0.646. The lowest BCUT2D eigenvalue weighted by molar-refractivity contribution is -0.124. The number of carbonyl (C=O) groups is 1. The van der Waals surface area contributed by atoms with E-state index >= 15 is 0 Å². The average Bonchev–Trinajstić information content (AvgIpc) is 2.29. The molecular weight excluding hydrogens is 296 g/mol. The number of ether oxygens (including phenoxy) is 1. The summed E-state index contributed by atoms with van der Waals surface area (Å²) in [6.07, 6.45) is -0.646. The minimum absolute atomic E-state index is 0.151. The van der Waals surface area contributed by atoms with E-state index in [1.807, 2.05) is 25.1 Å². The summed E-state index contributed by atoms with van der Waals surface area (Å²) in [6, 6.07) is 5.92. The first-order chi connectivity index (χ1) is 8.45. The molecule has 18 heavy (non-hydrogen) atoms. The maximum atomic E-state index is 11.1. The zero-order valence-electron chi connectivity index (χ0n) is 10.9. The van der Waals surface area contributed by atoms with E-state index < -0.39 is 12.0 Å². The van der Waals surface area contributed by atoms with Crippen LogP contribution in [0.15, 0.2) is 22.7 Å². The van der Waals surface area contributed by atoms with Crippen LogP contribution in [0.25, 0.3) is 0 Å². The van der Waals surface area contributed by atoms with Crippen molar-refractivity contribution in [2.75, 3.05) is 6.54 Å². The number of hydrogen-bond acceptors (Lipinski definition) is 3. The number of amides is 1. The summed E-state index contributed by atoms with van der Waals surface area (Å²) in [5, 5.41) is 3.31. The lowest BCUT2D eigenvalue weighted by Gasteiger charge is -2.20. The van der Waals surface area contributed by atoms with Gasteiger partial charge in [-0.25, -0.2) is 0 Å². The summed E-state index contributed by atoms with van der Waals surface area (Å²) in [5.41, 5.74) is 6.22. The van der Waals surface area contributed by atoms with E-state index in [-0.39, 0.29) is 6.04 Å². The molecule has 0 saturated heterocycles. The van der Waals surface area contributed by atoms with E-state index in [2.05, 4.69) is 28.2 Å². The third-order valence-electron chi connectivity index (χ3n) is 2.66. The first-order valence-electron chi connectivity index (χ1n) is 5.94. The van der Waals surface area contributed by atoms with Crippen molar-refractivity contribution in [2.45, 2.75) is 32.9 Å². The van der Waals surface area contributed by atoms with Crippen molar-refractivity contribution in [1.82, 2.24) is 5.32 Å². The molecule has 4 nitrogen and oxygen atoms in total. The molecule has 0 spiro atoms. The van der Waals surface area contributed by atoms with Crippen molar-refractivity contribution >= 4 is 21.8 Å². The van der Waals surface area contributed by atoms with Gasteiger partial charge in [0.2, 0.25) is 0 Å². The van der Waals surface area contributed by atoms with Crippen LogP contribution < -0.4 is 15.8 Å². The highest BCUT2D eigenvalue weighted by molar-refractivity contribution is 9.10. The van der Waals surface area contributed by atoms with Gasteiger partial charge in [-0.2, -0.15) is 0 Å². The van der Waals surface area contributed by atoms with E-state index in [9.17, 15) is 4.79 Å². The standard InChI is InChI=1S/C13H19BrN2O2/c1-4-16-8(2)11-6-5-10(14)7-12(11)18-9(3)13(15)17/h5-9,16H,4H2,1-3H3,(H2,15,17). The molecular formula is C13H19BrN2O2. The molecule has 0 aromatic heterocycles. The predicted molar refractivity (Wildman–Crippen MR) is 75.5 cm³/mol. The molecule has 0 heterocycles. The highest BCUT2D eigenvalue weighted by Crippen LogP contribution is 2.29. The molecule has 0 aliphatic carbocycles. The summed E-state index contributed by atoms with van der Waals surface area (Å²) < 4.78 is 6.51. The van der Waals surface area contributed by atoms with Crippen LogP contribution in [0.2, 0.25) is 0 Å². The zero-order valence-corrected chi connectivity index (χ0v) is 12.5. The van der Waals surface area contributed by atoms with Crippen LogP contribution in [0.4, 0.5) is 0 Å². The second-order valence-corrected chi connectivity index (χ2v) is 5.04. The lowest BCUT2D eigenvalue weighted by atomic mass is 10.1. The minimum Gasteiger partial charge on any atom is -0.481 e. The number of nitrogens with one attached hydrogen (secondary N) is 1. The van der Waals surface area contributed by atoms with E-state index in [0.29, 0.717) is 5.75 Å². The van der Waals surface area contributed by atoms with Gasteiger partial charge in [-0.15, -0.1) is 0 Å². The number of rotatable bonds is 6. The summed E-state index contributed by atoms with van der Waals surface area (Å²) in [6.45, 7) is 6.60. The Morgan fingerprint density at radius 2 is 2.17 bits per heavy atom. The predicted octanol–water partition coefficient (Wildman–Crippen LogP) is 2.37. The van der Waals surface area contributed by atoms with Gasteiger partial charge >= 0.3 is 0 Å². The molecule has 2 unspecified atom stereocenters. The van der Waals surface area contributed by atoms with E-state index in [1.165, 1.54) is 0 Å². The van der Waals surface area contributed by atoms with Crippen LogP contribution in [0.5, 0.6) is 5.75 Å². The Kier molecular flexibility index (Phi) is 5.62. The Balaban J connectivity index is 2.99. The van der Waals surface area contributed by atoms with Gasteiger partial charge in [0, 0.05) is 16.1 Å². The molecule has 0 radical (unpaired) electrons. The van der Waals surface area contributed by atoms with Crippen LogP contribution >= 0.6 is 15.9 Å². The summed E-state index contributed by atoms with van der Waals surface area (Å²) in [5.74, 6) is 0.196. The van der Waals surface area contributed by atoms with Crippen LogP contribution in [0.3, 0.4) is 0 Å². The maximum absolute atomic E-state index is 11.1. The normalized spacial score (nSPS) is 14.0. The third kappa shape index (κ3) is 3.99. The van der Waals surface area contributed by atoms with E-state index in [4.69, 9.17) is 10.5 Å². The van der Waals surface area contributed by atoms with Gasteiger partial charge in [0.15, 0.2) is 6.10 Å². The molecule has 0 saturated carbocycles. The first kappa shape index (κ1) is 15.0. The van der Waals surface area contributed by atoms with Crippen molar-refractivity contribution in [3.63, 3.8) is 0 Å². The maximum Gasteiger partial charge on any atom is 0.258 e. The smallest absolute Gasteiger partial charge is 0.258 e. The topological polar surface area (TPSA) is 64.3 Å². The summed E-state index contributed by atoms with van der Waals surface area (Å²) in [4.78, 5) is 11.1. The Morgan fingerprint density at radius 3 is 2.72 bits per heavy atom. The van der Waals surface area contributed by atoms with Gasteiger partial charge in [0.1, 0.15) is 5.75 Å². The fraction of sp³-hybridized carbons (Fsp3) is 0.462. The lowest BCUT2D eigenvalue weighted by Crippen LogP contribution is -2.31. The number of primary amides is 1. The molecule has 1 aromatic carbocycles. The van der Waals surface area contributed by atoms with Gasteiger partial charge in [-0.1, -0.05) is 28.9 Å². The number of hydrogen-bond donors (Lipinski definition) is 2. The van der Waals surface area contributed by atoms with Gasteiger partial charge in [0.25, 0.3) is 5.91 Å².